The molecule has 0 spiro atoms. The summed E-state index contributed by atoms with van der Waals surface area (Å²) in [6, 6.07) is 0. The van der Waals surface area contributed by atoms with Crippen LogP contribution in [0.4, 0.5) is 13.2 Å². The van der Waals surface area contributed by atoms with Gasteiger partial charge < -0.3 is 9.84 Å². The molecule has 0 aliphatic carbocycles. The minimum atomic E-state index is -4.50. The lowest BCUT2D eigenvalue weighted by atomic mass is 10.0. The van der Waals surface area contributed by atoms with E-state index < -0.39 is 23.9 Å². The minimum absolute atomic E-state index is 0.0919. The number of carboxylic acids is 1. The molecule has 13 heavy (non-hydrogen) atoms. The normalized spacial score (nSPS) is 34.9. The van der Waals surface area contributed by atoms with Gasteiger partial charge >= 0.3 is 12.1 Å². The molecule has 6 heteroatoms. The van der Waals surface area contributed by atoms with Crippen molar-refractivity contribution in [3.8, 4) is 0 Å². The van der Waals surface area contributed by atoms with Gasteiger partial charge in [-0.25, -0.2) is 4.79 Å². The molecule has 76 valence electrons. The largest absolute Gasteiger partial charge is 0.479 e. The maximum Gasteiger partial charge on any atom is 0.417 e. The van der Waals surface area contributed by atoms with Gasteiger partial charge in [-0.2, -0.15) is 13.2 Å². The zero-order valence-corrected chi connectivity index (χ0v) is 6.89. The molecule has 1 heterocycles. The second-order valence-electron chi connectivity index (χ2n) is 3.21. The lowest BCUT2D eigenvalue weighted by Crippen LogP contribution is -2.42. The summed E-state index contributed by atoms with van der Waals surface area (Å²) in [5, 5.41) is 8.42. The highest BCUT2D eigenvalue weighted by Crippen LogP contribution is 2.42. The van der Waals surface area contributed by atoms with E-state index in [0.29, 0.717) is 0 Å². The van der Waals surface area contributed by atoms with Crippen LogP contribution >= 0.6 is 0 Å². The zero-order valence-electron chi connectivity index (χ0n) is 6.89. The van der Waals surface area contributed by atoms with Crippen molar-refractivity contribution in [2.75, 3.05) is 0 Å². The lowest BCUT2D eigenvalue weighted by Gasteiger charge is -2.26. The van der Waals surface area contributed by atoms with Crippen molar-refractivity contribution in [2.24, 2.45) is 0 Å². The van der Waals surface area contributed by atoms with E-state index >= 15 is 0 Å². The molecule has 0 amide bonds. The number of hydrogen-bond donors (Lipinski definition) is 1. The molecule has 0 aromatic carbocycles. The van der Waals surface area contributed by atoms with Crippen molar-refractivity contribution in [2.45, 2.75) is 37.6 Å². The molecule has 1 N–H and O–H groups in total. The summed E-state index contributed by atoms with van der Waals surface area (Å²) in [6.07, 6.45) is -6.22. The van der Waals surface area contributed by atoms with Gasteiger partial charge in [-0.05, 0) is 19.8 Å². The molecule has 0 radical (unpaired) electrons. The van der Waals surface area contributed by atoms with E-state index in [0.717, 1.165) is 6.92 Å². The van der Waals surface area contributed by atoms with Crippen LogP contribution in [-0.2, 0) is 9.53 Å². The molecule has 1 unspecified atom stereocenters. The van der Waals surface area contributed by atoms with E-state index in [9.17, 15) is 18.0 Å². The van der Waals surface area contributed by atoms with Crippen LogP contribution in [-0.4, -0.2) is 29.0 Å². The summed E-state index contributed by atoms with van der Waals surface area (Å²) in [7, 11) is 0. The van der Waals surface area contributed by atoms with Gasteiger partial charge in [-0.3, -0.25) is 0 Å². The van der Waals surface area contributed by atoms with Crippen molar-refractivity contribution in [3.63, 3.8) is 0 Å². The summed E-state index contributed by atoms with van der Waals surface area (Å²) in [5.74, 6) is -1.34. The minimum Gasteiger partial charge on any atom is -0.479 e. The van der Waals surface area contributed by atoms with Gasteiger partial charge in [0.1, 0.15) is 0 Å². The molecule has 1 saturated heterocycles. The van der Waals surface area contributed by atoms with E-state index in [-0.39, 0.29) is 12.8 Å². The second kappa shape index (κ2) is 2.87. The number of aliphatic carboxylic acids is 1. The van der Waals surface area contributed by atoms with Crippen LogP contribution < -0.4 is 0 Å². The predicted molar refractivity (Wildman–Crippen MR) is 36.2 cm³/mol. The van der Waals surface area contributed by atoms with E-state index in [2.05, 4.69) is 4.74 Å². The molecule has 0 aromatic rings. The predicted octanol–water partition coefficient (Wildman–Crippen LogP) is 1.57. The Morgan fingerprint density at radius 1 is 1.62 bits per heavy atom. The first kappa shape index (κ1) is 10.3. The van der Waals surface area contributed by atoms with Crippen LogP contribution in [0.15, 0.2) is 0 Å². The molecule has 0 bridgehead atoms. The maximum atomic E-state index is 12.3. The number of carbonyl (C=O) groups is 1. The quantitative estimate of drug-likeness (QED) is 0.695. The number of ether oxygens (including phenoxy) is 1. The molecule has 2 atom stereocenters. The van der Waals surface area contributed by atoms with Gasteiger partial charge in [0, 0.05) is 0 Å². The van der Waals surface area contributed by atoms with E-state index in [1.54, 1.807) is 0 Å². The Bertz CT molecular complexity index is 226. The van der Waals surface area contributed by atoms with Crippen LogP contribution in [0.5, 0.6) is 0 Å². The Morgan fingerprint density at radius 3 is 2.38 bits per heavy atom. The fourth-order valence-electron chi connectivity index (χ4n) is 1.22. The maximum absolute atomic E-state index is 12.3. The Kier molecular flexibility index (Phi) is 2.27. The third kappa shape index (κ3) is 1.77. The molecule has 0 aromatic heterocycles. The van der Waals surface area contributed by atoms with Gasteiger partial charge in [0.15, 0.2) is 11.7 Å². The summed E-state index contributed by atoms with van der Waals surface area (Å²) >= 11 is 0. The topological polar surface area (TPSA) is 46.5 Å². The van der Waals surface area contributed by atoms with Gasteiger partial charge in [-0.15, -0.1) is 0 Å². The Labute approximate surface area is 72.5 Å². The van der Waals surface area contributed by atoms with Gasteiger partial charge in [0.05, 0.1) is 0 Å². The molecule has 0 saturated carbocycles. The average Bonchev–Trinajstić information content (AvgIpc) is 2.31. The van der Waals surface area contributed by atoms with Crippen LogP contribution in [0, 0.1) is 0 Å². The number of hydrogen-bond acceptors (Lipinski definition) is 2. The first-order valence-electron chi connectivity index (χ1n) is 3.73. The first-order valence-corrected chi connectivity index (χ1v) is 3.73. The van der Waals surface area contributed by atoms with Gasteiger partial charge in [0.2, 0.25) is 0 Å². The monoisotopic (exact) mass is 198 g/mol. The third-order valence-electron chi connectivity index (χ3n) is 2.16. The van der Waals surface area contributed by atoms with E-state index in [4.69, 9.17) is 5.11 Å². The lowest BCUT2D eigenvalue weighted by molar-refractivity contribution is -0.263. The van der Waals surface area contributed by atoms with Crippen molar-refractivity contribution in [3.05, 3.63) is 0 Å². The molecule has 3 nitrogen and oxygen atoms in total. The van der Waals surface area contributed by atoms with Crippen molar-refractivity contribution in [1.29, 1.82) is 0 Å². The number of halogens is 3. The molecular formula is C7H9F3O3. The summed E-state index contributed by atoms with van der Waals surface area (Å²) in [4.78, 5) is 10.3. The SMILES string of the molecule is C[C@]1(C(F)(F)F)CCC(C(=O)O)O1. The molecule has 1 fully saturated rings. The number of alkyl halides is 3. The first-order chi connectivity index (χ1) is 5.76. The summed E-state index contributed by atoms with van der Waals surface area (Å²) < 4.78 is 41.2. The summed E-state index contributed by atoms with van der Waals surface area (Å²) in [5.41, 5.74) is -2.30. The Balaban J connectivity index is 2.72. The fourth-order valence-corrected chi connectivity index (χ4v) is 1.22. The molecule has 1 aliphatic heterocycles. The van der Waals surface area contributed by atoms with Crippen molar-refractivity contribution >= 4 is 5.97 Å². The van der Waals surface area contributed by atoms with Crippen molar-refractivity contribution < 1.29 is 27.8 Å². The Morgan fingerprint density at radius 2 is 2.15 bits per heavy atom. The highest BCUT2D eigenvalue weighted by Gasteiger charge is 2.57. The third-order valence-corrected chi connectivity index (χ3v) is 2.16. The highest BCUT2D eigenvalue weighted by molar-refractivity contribution is 5.72. The molecular weight excluding hydrogens is 189 g/mol. The fraction of sp³-hybridized carbons (Fsp3) is 0.857. The second-order valence-corrected chi connectivity index (χ2v) is 3.21. The van der Waals surface area contributed by atoms with Crippen LogP contribution in [0.3, 0.4) is 0 Å². The smallest absolute Gasteiger partial charge is 0.417 e. The summed E-state index contributed by atoms with van der Waals surface area (Å²) in [6.45, 7) is 0.871. The zero-order chi connectivity index (χ0) is 10.3. The molecule has 1 aliphatic rings. The number of carboxylic acid groups (broad SMARTS) is 1. The van der Waals surface area contributed by atoms with E-state index in [1.807, 2.05) is 0 Å². The number of rotatable bonds is 1. The van der Waals surface area contributed by atoms with Crippen LogP contribution in [0.1, 0.15) is 19.8 Å². The highest BCUT2D eigenvalue weighted by atomic mass is 19.4. The van der Waals surface area contributed by atoms with Crippen LogP contribution in [0.25, 0.3) is 0 Å². The van der Waals surface area contributed by atoms with Gasteiger partial charge in [-0.1, -0.05) is 0 Å². The average molecular weight is 198 g/mol. The molecule has 1 rings (SSSR count). The van der Waals surface area contributed by atoms with Gasteiger partial charge in [0.25, 0.3) is 0 Å². The van der Waals surface area contributed by atoms with Crippen LogP contribution in [0.2, 0.25) is 0 Å². The van der Waals surface area contributed by atoms with E-state index in [1.165, 1.54) is 0 Å². The Hall–Kier alpha value is -0.780. The van der Waals surface area contributed by atoms with Crippen molar-refractivity contribution in [1.82, 2.24) is 0 Å². The standard InChI is InChI=1S/C7H9F3O3/c1-6(7(8,9)10)3-2-4(13-6)5(11)12/h4H,2-3H2,1H3,(H,11,12)/t4?,6-/m1/s1.